The lowest BCUT2D eigenvalue weighted by molar-refractivity contribution is 0.120. The van der Waals surface area contributed by atoms with Crippen molar-refractivity contribution < 1.29 is 8.78 Å². The van der Waals surface area contributed by atoms with Gasteiger partial charge in [0.1, 0.15) is 0 Å². The Morgan fingerprint density at radius 2 is 1.93 bits per heavy atom. The molecule has 2 rings (SSSR count). The van der Waals surface area contributed by atoms with Crippen LogP contribution in [0.15, 0.2) is 24.3 Å². The molecule has 0 spiro atoms. The fourth-order valence-electron chi connectivity index (χ4n) is 1.78. The Bertz CT molecular complexity index is 308. The molecule has 1 aromatic rings. The molecule has 76 valence electrons. The first-order valence-electron chi connectivity index (χ1n) is 4.79. The van der Waals surface area contributed by atoms with Crippen LogP contribution in [-0.2, 0) is 6.54 Å². The van der Waals surface area contributed by atoms with E-state index in [4.69, 9.17) is 5.73 Å². The van der Waals surface area contributed by atoms with Gasteiger partial charge in [0, 0.05) is 12.5 Å². The van der Waals surface area contributed by atoms with Crippen LogP contribution in [0, 0.1) is 5.92 Å². The molecule has 0 aliphatic heterocycles. The summed E-state index contributed by atoms with van der Waals surface area (Å²) in [6.45, 7) is 0.503. The lowest BCUT2D eigenvalue weighted by Gasteiger charge is -2.01. The highest BCUT2D eigenvalue weighted by atomic mass is 19.3. The van der Waals surface area contributed by atoms with Crippen LogP contribution < -0.4 is 5.73 Å². The minimum atomic E-state index is -2.17. The van der Waals surface area contributed by atoms with Crippen molar-refractivity contribution in [1.82, 2.24) is 0 Å². The second-order valence-corrected chi connectivity index (χ2v) is 3.79. The number of hydrogen-bond acceptors (Lipinski definition) is 1. The van der Waals surface area contributed by atoms with Gasteiger partial charge in [0.25, 0.3) is 0 Å². The van der Waals surface area contributed by atoms with Crippen molar-refractivity contribution >= 4 is 0 Å². The predicted molar refractivity (Wildman–Crippen MR) is 51.2 cm³/mol. The molecule has 1 saturated carbocycles. The highest BCUT2D eigenvalue weighted by Crippen LogP contribution is 2.50. The first-order chi connectivity index (χ1) is 6.72. The maximum atomic E-state index is 12.3. The van der Waals surface area contributed by atoms with Crippen molar-refractivity contribution in [2.24, 2.45) is 11.7 Å². The Morgan fingerprint density at radius 1 is 1.29 bits per heavy atom. The minimum absolute atomic E-state index is 0.0711. The standard InChI is InChI=1S/C11H13F2N/c12-11(13)10-5-9(10)8-3-1-7(6-14)2-4-8/h1-4,9-11H,5-6,14H2. The van der Waals surface area contributed by atoms with Crippen LogP contribution in [0.5, 0.6) is 0 Å². The zero-order chi connectivity index (χ0) is 10.1. The van der Waals surface area contributed by atoms with E-state index in [0.717, 1.165) is 11.1 Å². The first kappa shape index (κ1) is 9.59. The van der Waals surface area contributed by atoms with Crippen molar-refractivity contribution in [3.05, 3.63) is 35.4 Å². The smallest absolute Gasteiger partial charge is 0.242 e. The molecule has 1 aromatic carbocycles. The summed E-state index contributed by atoms with van der Waals surface area (Å²) in [5.41, 5.74) is 7.51. The molecular weight excluding hydrogens is 184 g/mol. The van der Waals surface area contributed by atoms with Crippen molar-refractivity contribution in [3.63, 3.8) is 0 Å². The van der Waals surface area contributed by atoms with Gasteiger partial charge in [-0.2, -0.15) is 0 Å². The largest absolute Gasteiger partial charge is 0.326 e. The molecule has 3 heteroatoms. The molecule has 2 atom stereocenters. The molecular formula is C11H13F2N. The molecule has 0 bridgehead atoms. The first-order valence-corrected chi connectivity index (χ1v) is 4.79. The number of halogens is 2. The maximum absolute atomic E-state index is 12.3. The highest BCUT2D eigenvalue weighted by Gasteiger charge is 2.44. The molecule has 1 fully saturated rings. The fourth-order valence-corrected chi connectivity index (χ4v) is 1.78. The summed E-state index contributed by atoms with van der Waals surface area (Å²) in [6.07, 6.45) is -1.55. The van der Waals surface area contributed by atoms with Gasteiger partial charge in [-0.25, -0.2) is 8.78 Å². The molecule has 14 heavy (non-hydrogen) atoms. The van der Waals surface area contributed by atoms with Gasteiger partial charge < -0.3 is 5.73 Å². The van der Waals surface area contributed by atoms with Gasteiger partial charge >= 0.3 is 0 Å². The van der Waals surface area contributed by atoms with E-state index in [2.05, 4.69) is 0 Å². The lowest BCUT2D eigenvalue weighted by atomic mass is 10.1. The van der Waals surface area contributed by atoms with Crippen LogP contribution in [0.2, 0.25) is 0 Å². The van der Waals surface area contributed by atoms with E-state index in [9.17, 15) is 8.78 Å². The molecule has 1 nitrogen and oxygen atoms in total. The van der Waals surface area contributed by atoms with Crippen LogP contribution in [0.4, 0.5) is 8.78 Å². The molecule has 0 heterocycles. The predicted octanol–water partition coefficient (Wildman–Crippen LogP) is 2.51. The second-order valence-electron chi connectivity index (χ2n) is 3.79. The number of nitrogens with two attached hydrogens (primary N) is 1. The topological polar surface area (TPSA) is 26.0 Å². The molecule has 0 aromatic heterocycles. The Balaban J connectivity index is 2.05. The molecule has 2 N–H and O–H groups in total. The van der Waals surface area contributed by atoms with Crippen molar-refractivity contribution in [2.45, 2.75) is 25.3 Å². The Morgan fingerprint density at radius 3 is 2.36 bits per heavy atom. The van der Waals surface area contributed by atoms with E-state index in [1.165, 1.54) is 0 Å². The van der Waals surface area contributed by atoms with E-state index in [1.807, 2.05) is 24.3 Å². The number of rotatable bonds is 3. The SMILES string of the molecule is NCc1ccc(C2CC2C(F)F)cc1. The van der Waals surface area contributed by atoms with Crippen molar-refractivity contribution in [3.8, 4) is 0 Å². The molecule has 1 aliphatic carbocycles. The molecule has 2 unspecified atom stereocenters. The van der Waals surface area contributed by atoms with Crippen LogP contribution >= 0.6 is 0 Å². The highest BCUT2D eigenvalue weighted by molar-refractivity contribution is 5.29. The van der Waals surface area contributed by atoms with Gasteiger partial charge in [-0.1, -0.05) is 24.3 Å². The van der Waals surface area contributed by atoms with Crippen LogP contribution in [0.1, 0.15) is 23.5 Å². The van der Waals surface area contributed by atoms with Gasteiger partial charge in [0.05, 0.1) is 0 Å². The van der Waals surface area contributed by atoms with E-state index in [1.54, 1.807) is 0 Å². The van der Waals surface area contributed by atoms with Crippen molar-refractivity contribution in [2.75, 3.05) is 0 Å². The Kier molecular flexibility index (Phi) is 2.50. The average molecular weight is 197 g/mol. The summed E-state index contributed by atoms with van der Waals surface area (Å²) in [4.78, 5) is 0. The summed E-state index contributed by atoms with van der Waals surface area (Å²) in [7, 11) is 0. The Labute approximate surface area is 81.9 Å². The summed E-state index contributed by atoms with van der Waals surface area (Å²) >= 11 is 0. The lowest BCUT2D eigenvalue weighted by Crippen LogP contribution is -1.97. The maximum Gasteiger partial charge on any atom is 0.242 e. The molecule has 0 amide bonds. The zero-order valence-electron chi connectivity index (χ0n) is 7.79. The zero-order valence-corrected chi connectivity index (χ0v) is 7.79. The summed E-state index contributed by atoms with van der Waals surface area (Å²) in [5, 5.41) is 0. The van der Waals surface area contributed by atoms with Crippen molar-refractivity contribution in [1.29, 1.82) is 0 Å². The monoisotopic (exact) mass is 197 g/mol. The molecule has 0 radical (unpaired) electrons. The minimum Gasteiger partial charge on any atom is -0.326 e. The molecule has 1 aliphatic rings. The van der Waals surface area contributed by atoms with Gasteiger partial charge in [-0.3, -0.25) is 0 Å². The van der Waals surface area contributed by atoms with Gasteiger partial charge in [-0.15, -0.1) is 0 Å². The van der Waals surface area contributed by atoms with Crippen LogP contribution in [0.25, 0.3) is 0 Å². The van der Waals surface area contributed by atoms with Gasteiger partial charge in [0.2, 0.25) is 6.43 Å². The van der Waals surface area contributed by atoms with Gasteiger partial charge in [0.15, 0.2) is 0 Å². The molecule has 0 saturated heterocycles. The third kappa shape index (κ3) is 1.77. The third-order valence-corrected chi connectivity index (χ3v) is 2.81. The van der Waals surface area contributed by atoms with Crippen LogP contribution in [-0.4, -0.2) is 6.43 Å². The Hall–Kier alpha value is -0.960. The summed E-state index contributed by atoms with van der Waals surface area (Å²) in [5.74, 6) is -0.347. The normalized spacial score (nSPS) is 25.4. The number of hydrogen-bond donors (Lipinski definition) is 1. The second kappa shape index (κ2) is 3.65. The van der Waals surface area contributed by atoms with E-state index < -0.39 is 12.3 Å². The van der Waals surface area contributed by atoms with E-state index >= 15 is 0 Å². The number of alkyl halides is 2. The van der Waals surface area contributed by atoms with Crippen LogP contribution in [0.3, 0.4) is 0 Å². The summed E-state index contributed by atoms with van der Waals surface area (Å²) < 4.78 is 24.6. The summed E-state index contributed by atoms with van der Waals surface area (Å²) in [6, 6.07) is 7.65. The van der Waals surface area contributed by atoms with Gasteiger partial charge in [-0.05, 0) is 23.5 Å². The quantitative estimate of drug-likeness (QED) is 0.791. The third-order valence-electron chi connectivity index (χ3n) is 2.81. The average Bonchev–Trinajstić information content (AvgIpc) is 2.97. The van der Waals surface area contributed by atoms with E-state index in [-0.39, 0.29) is 5.92 Å². The number of benzene rings is 1. The fraction of sp³-hybridized carbons (Fsp3) is 0.455. The van der Waals surface area contributed by atoms with E-state index in [0.29, 0.717) is 13.0 Å².